The fourth-order valence-electron chi connectivity index (χ4n) is 3.01. The summed E-state index contributed by atoms with van der Waals surface area (Å²) in [6.07, 6.45) is 1.61. The van der Waals surface area contributed by atoms with E-state index >= 15 is 0 Å². The molecule has 3 rings (SSSR count). The summed E-state index contributed by atoms with van der Waals surface area (Å²) in [6, 6.07) is 18.9. The van der Waals surface area contributed by atoms with Crippen molar-refractivity contribution in [3.8, 4) is 0 Å². The average Bonchev–Trinajstić information content (AvgIpc) is 3.24. The molecule has 0 spiro atoms. The molecule has 0 aliphatic heterocycles. The molecule has 6 nitrogen and oxygen atoms in total. The van der Waals surface area contributed by atoms with Crippen LogP contribution in [-0.2, 0) is 22.7 Å². The van der Waals surface area contributed by atoms with E-state index in [1.54, 1.807) is 24.5 Å². The highest BCUT2D eigenvalue weighted by Crippen LogP contribution is 2.22. The highest BCUT2D eigenvalue weighted by molar-refractivity contribution is 6.31. The lowest BCUT2D eigenvalue weighted by Crippen LogP contribution is -2.40. The molecular formula is C23H24ClN3O3. The maximum atomic E-state index is 12.5. The first-order valence-electron chi connectivity index (χ1n) is 9.61. The lowest BCUT2D eigenvalue weighted by atomic mass is 10.2. The smallest absolute Gasteiger partial charge is 0.243 e. The molecule has 0 radical (unpaired) electrons. The summed E-state index contributed by atoms with van der Waals surface area (Å²) < 4.78 is 5.42. The molecule has 156 valence electrons. The van der Waals surface area contributed by atoms with Crippen molar-refractivity contribution in [2.45, 2.75) is 20.0 Å². The lowest BCUT2D eigenvalue weighted by molar-refractivity contribution is -0.125. The molecule has 0 saturated carbocycles. The Kier molecular flexibility index (Phi) is 7.65. The lowest BCUT2D eigenvalue weighted by Gasteiger charge is -2.21. The summed E-state index contributed by atoms with van der Waals surface area (Å²) in [7, 11) is 0. The molecule has 0 aliphatic carbocycles. The Morgan fingerprint density at radius 2 is 1.77 bits per heavy atom. The van der Waals surface area contributed by atoms with Crippen LogP contribution in [-0.4, -0.2) is 29.8 Å². The van der Waals surface area contributed by atoms with Crippen LogP contribution in [0.25, 0.3) is 0 Å². The minimum absolute atomic E-state index is 0.120. The van der Waals surface area contributed by atoms with Crippen molar-refractivity contribution in [2.24, 2.45) is 0 Å². The molecule has 1 aromatic heterocycles. The molecule has 1 heterocycles. The van der Waals surface area contributed by atoms with Gasteiger partial charge in [0.25, 0.3) is 0 Å². The van der Waals surface area contributed by atoms with E-state index in [4.69, 9.17) is 16.0 Å². The van der Waals surface area contributed by atoms with Crippen molar-refractivity contribution in [3.63, 3.8) is 0 Å². The zero-order valence-electron chi connectivity index (χ0n) is 16.7. The van der Waals surface area contributed by atoms with Gasteiger partial charge in [0.2, 0.25) is 11.8 Å². The van der Waals surface area contributed by atoms with Gasteiger partial charge in [-0.3, -0.25) is 14.5 Å². The van der Waals surface area contributed by atoms with Crippen LogP contribution in [0.1, 0.15) is 16.9 Å². The van der Waals surface area contributed by atoms with Gasteiger partial charge in [-0.1, -0.05) is 48.0 Å². The third kappa shape index (κ3) is 6.47. The quantitative estimate of drug-likeness (QED) is 0.543. The molecule has 7 heteroatoms. The van der Waals surface area contributed by atoms with Gasteiger partial charge in [-0.2, -0.15) is 0 Å². The number of carbonyl (C=O) groups excluding carboxylic acids is 2. The Morgan fingerprint density at radius 3 is 2.50 bits per heavy atom. The molecule has 0 unspecified atom stereocenters. The van der Waals surface area contributed by atoms with Gasteiger partial charge >= 0.3 is 0 Å². The maximum absolute atomic E-state index is 12.5. The number of hydrogen-bond donors (Lipinski definition) is 2. The third-order valence-corrected chi connectivity index (χ3v) is 4.97. The van der Waals surface area contributed by atoms with Crippen molar-refractivity contribution in [2.75, 3.05) is 18.4 Å². The van der Waals surface area contributed by atoms with E-state index in [1.807, 2.05) is 54.3 Å². The monoisotopic (exact) mass is 425 g/mol. The number of amides is 2. The fourth-order valence-corrected chi connectivity index (χ4v) is 3.18. The molecule has 0 fully saturated rings. The summed E-state index contributed by atoms with van der Waals surface area (Å²) in [5, 5.41) is 6.02. The zero-order chi connectivity index (χ0) is 21.3. The van der Waals surface area contributed by atoms with E-state index in [2.05, 4.69) is 10.6 Å². The van der Waals surface area contributed by atoms with Crippen LogP contribution < -0.4 is 10.6 Å². The number of halogens is 1. The Labute approximate surface area is 180 Å². The molecule has 2 amide bonds. The van der Waals surface area contributed by atoms with E-state index in [1.165, 1.54) is 0 Å². The third-order valence-electron chi connectivity index (χ3n) is 4.56. The fraction of sp³-hybridized carbons (Fsp3) is 0.217. The number of nitrogens with zero attached hydrogens (tertiary/aromatic N) is 1. The highest BCUT2D eigenvalue weighted by atomic mass is 35.5. The van der Waals surface area contributed by atoms with Gasteiger partial charge in [-0.05, 0) is 42.3 Å². The topological polar surface area (TPSA) is 74.6 Å². The van der Waals surface area contributed by atoms with Crippen LogP contribution in [0.3, 0.4) is 0 Å². The van der Waals surface area contributed by atoms with Crippen LogP contribution in [0.5, 0.6) is 0 Å². The van der Waals surface area contributed by atoms with Crippen molar-refractivity contribution in [1.82, 2.24) is 10.2 Å². The molecule has 0 atom stereocenters. The summed E-state index contributed by atoms with van der Waals surface area (Å²) in [4.78, 5) is 26.6. The predicted octanol–water partition coefficient (Wildman–Crippen LogP) is 4.00. The SMILES string of the molecule is Cc1c(Cl)cccc1NC(=O)CNC(=O)CN(Cc1ccccc1)Cc1ccco1. The summed E-state index contributed by atoms with van der Waals surface area (Å²) in [5.74, 6) is 0.220. The van der Waals surface area contributed by atoms with E-state index in [0.717, 1.165) is 16.9 Å². The molecule has 3 aromatic rings. The molecule has 30 heavy (non-hydrogen) atoms. The zero-order valence-corrected chi connectivity index (χ0v) is 17.5. The van der Waals surface area contributed by atoms with Gasteiger partial charge in [-0.25, -0.2) is 0 Å². The molecule has 2 N–H and O–H groups in total. The number of anilines is 1. The number of carbonyl (C=O) groups is 2. The van der Waals surface area contributed by atoms with Crippen LogP contribution >= 0.6 is 11.6 Å². The number of furan rings is 1. The first-order valence-corrected chi connectivity index (χ1v) is 9.99. The second-order valence-corrected chi connectivity index (χ2v) is 7.35. The first-order chi connectivity index (χ1) is 14.5. The van der Waals surface area contributed by atoms with Gasteiger partial charge in [0.1, 0.15) is 5.76 Å². The molecular weight excluding hydrogens is 402 g/mol. The summed E-state index contributed by atoms with van der Waals surface area (Å²) >= 11 is 6.07. The van der Waals surface area contributed by atoms with Gasteiger partial charge in [0.15, 0.2) is 0 Å². The predicted molar refractivity (Wildman–Crippen MR) is 117 cm³/mol. The number of hydrogen-bond acceptors (Lipinski definition) is 4. The van der Waals surface area contributed by atoms with Crippen LogP contribution in [0, 0.1) is 6.92 Å². The number of rotatable bonds is 9. The van der Waals surface area contributed by atoms with Gasteiger partial charge in [-0.15, -0.1) is 0 Å². The van der Waals surface area contributed by atoms with Crippen molar-refractivity contribution in [1.29, 1.82) is 0 Å². The number of nitrogens with one attached hydrogen (secondary N) is 2. The Balaban J connectivity index is 1.54. The normalized spacial score (nSPS) is 10.8. The van der Waals surface area contributed by atoms with Crippen LogP contribution in [0.15, 0.2) is 71.3 Å². The molecule has 0 aliphatic rings. The molecule has 0 bridgehead atoms. The largest absolute Gasteiger partial charge is 0.468 e. The van der Waals surface area contributed by atoms with Crippen molar-refractivity contribution >= 4 is 29.1 Å². The van der Waals surface area contributed by atoms with Gasteiger partial charge in [0.05, 0.1) is 25.9 Å². The average molecular weight is 426 g/mol. The summed E-state index contributed by atoms with van der Waals surface area (Å²) in [6.45, 7) is 2.92. The van der Waals surface area contributed by atoms with Crippen molar-refractivity contribution in [3.05, 3.63) is 88.8 Å². The van der Waals surface area contributed by atoms with E-state index in [9.17, 15) is 9.59 Å². The first kappa shape index (κ1) is 21.6. The van der Waals surface area contributed by atoms with Crippen LogP contribution in [0.2, 0.25) is 5.02 Å². The molecule has 0 saturated heterocycles. The van der Waals surface area contributed by atoms with E-state index in [-0.39, 0.29) is 24.9 Å². The minimum Gasteiger partial charge on any atom is -0.468 e. The van der Waals surface area contributed by atoms with E-state index < -0.39 is 0 Å². The second-order valence-electron chi connectivity index (χ2n) is 6.95. The second kappa shape index (κ2) is 10.6. The van der Waals surface area contributed by atoms with Gasteiger partial charge in [0, 0.05) is 17.3 Å². The standard InChI is InChI=1S/C23H24ClN3O3/c1-17-20(24)10-5-11-21(17)26-22(28)13-25-23(29)16-27(15-19-9-6-12-30-19)14-18-7-3-2-4-8-18/h2-12H,13-16H2,1H3,(H,25,29)(H,26,28). The Hall–Kier alpha value is -3.09. The summed E-state index contributed by atoms with van der Waals surface area (Å²) in [5.41, 5.74) is 2.50. The minimum atomic E-state index is -0.311. The maximum Gasteiger partial charge on any atom is 0.243 e. The molecule has 2 aromatic carbocycles. The van der Waals surface area contributed by atoms with Gasteiger partial charge < -0.3 is 15.1 Å². The number of benzene rings is 2. The van der Waals surface area contributed by atoms with Crippen molar-refractivity contribution < 1.29 is 14.0 Å². The highest BCUT2D eigenvalue weighted by Gasteiger charge is 2.15. The van der Waals surface area contributed by atoms with E-state index in [0.29, 0.717) is 23.8 Å². The van der Waals surface area contributed by atoms with Crippen LogP contribution in [0.4, 0.5) is 5.69 Å². The Morgan fingerprint density at radius 1 is 0.967 bits per heavy atom. The Bertz CT molecular complexity index is 975.